The van der Waals surface area contributed by atoms with E-state index in [-0.39, 0.29) is 12.4 Å². The van der Waals surface area contributed by atoms with Crippen LogP contribution in [0.25, 0.3) is 0 Å². The maximum atomic E-state index is 14.1. The highest BCUT2D eigenvalue weighted by molar-refractivity contribution is 5.25. The average molecular weight is 250 g/mol. The lowest BCUT2D eigenvalue weighted by atomic mass is 10.1. The minimum atomic E-state index is -0.114. The highest BCUT2D eigenvalue weighted by atomic mass is 19.1. The van der Waals surface area contributed by atoms with Crippen molar-refractivity contribution in [2.24, 2.45) is 11.7 Å². The fourth-order valence-electron chi connectivity index (χ4n) is 2.37. The Morgan fingerprint density at radius 2 is 2.06 bits per heavy atom. The largest absolute Gasteiger partial charge is 0.326 e. The zero-order valence-corrected chi connectivity index (χ0v) is 11.2. The second-order valence-electron chi connectivity index (χ2n) is 5.27. The molecule has 1 aromatic carbocycles. The van der Waals surface area contributed by atoms with Crippen LogP contribution in [0.5, 0.6) is 0 Å². The van der Waals surface area contributed by atoms with E-state index in [1.807, 2.05) is 12.1 Å². The van der Waals surface area contributed by atoms with E-state index >= 15 is 0 Å². The van der Waals surface area contributed by atoms with Gasteiger partial charge in [-0.05, 0) is 31.7 Å². The van der Waals surface area contributed by atoms with E-state index in [0.717, 1.165) is 31.0 Å². The molecule has 2 nitrogen and oxygen atoms in total. The van der Waals surface area contributed by atoms with Crippen LogP contribution in [0.15, 0.2) is 18.2 Å². The molecule has 0 heterocycles. The first-order valence-electron chi connectivity index (χ1n) is 6.93. The summed E-state index contributed by atoms with van der Waals surface area (Å²) in [6.45, 7) is 5.32. The van der Waals surface area contributed by atoms with Gasteiger partial charge in [-0.1, -0.05) is 25.1 Å². The van der Waals surface area contributed by atoms with Crippen LogP contribution >= 0.6 is 0 Å². The van der Waals surface area contributed by atoms with Crippen molar-refractivity contribution in [1.82, 2.24) is 4.90 Å². The lowest BCUT2D eigenvalue weighted by Gasteiger charge is -2.22. The fraction of sp³-hybridized carbons (Fsp3) is 0.600. The third-order valence-electron chi connectivity index (χ3n) is 3.53. The molecule has 0 saturated heterocycles. The number of nitrogens with two attached hydrogens (primary N) is 1. The topological polar surface area (TPSA) is 29.3 Å². The molecule has 2 N–H and O–H groups in total. The van der Waals surface area contributed by atoms with Gasteiger partial charge in [-0.3, -0.25) is 4.90 Å². The number of rotatable bonds is 7. The molecular formula is C15H23FN2. The SMILES string of the molecule is CCCN(Cc1cccc(CN)c1F)CC1CC1. The van der Waals surface area contributed by atoms with Gasteiger partial charge in [0.05, 0.1) is 0 Å². The van der Waals surface area contributed by atoms with Crippen molar-refractivity contribution in [2.75, 3.05) is 13.1 Å². The number of hydrogen-bond acceptors (Lipinski definition) is 2. The van der Waals surface area contributed by atoms with Crippen molar-refractivity contribution < 1.29 is 4.39 Å². The molecule has 0 amide bonds. The monoisotopic (exact) mass is 250 g/mol. The summed E-state index contributed by atoms with van der Waals surface area (Å²) in [5, 5.41) is 0. The average Bonchev–Trinajstić information content (AvgIpc) is 3.16. The van der Waals surface area contributed by atoms with Crippen molar-refractivity contribution in [2.45, 2.75) is 39.3 Å². The first-order valence-corrected chi connectivity index (χ1v) is 6.93. The van der Waals surface area contributed by atoms with Crippen molar-refractivity contribution in [3.8, 4) is 0 Å². The Bertz CT molecular complexity index is 388. The Hall–Kier alpha value is -0.930. The third-order valence-corrected chi connectivity index (χ3v) is 3.53. The van der Waals surface area contributed by atoms with Crippen LogP contribution in [-0.2, 0) is 13.1 Å². The van der Waals surface area contributed by atoms with Gasteiger partial charge >= 0.3 is 0 Å². The predicted molar refractivity (Wildman–Crippen MR) is 72.6 cm³/mol. The molecule has 1 saturated carbocycles. The van der Waals surface area contributed by atoms with Gasteiger partial charge < -0.3 is 5.73 Å². The van der Waals surface area contributed by atoms with Gasteiger partial charge in [-0.15, -0.1) is 0 Å². The third kappa shape index (κ3) is 3.53. The van der Waals surface area contributed by atoms with E-state index in [1.165, 1.54) is 12.8 Å². The van der Waals surface area contributed by atoms with E-state index in [9.17, 15) is 4.39 Å². The number of hydrogen-bond donors (Lipinski definition) is 1. The molecule has 0 atom stereocenters. The first kappa shape index (κ1) is 13.5. The molecule has 0 unspecified atom stereocenters. The second-order valence-corrected chi connectivity index (χ2v) is 5.27. The summed E-state index contributed by atoms with van der Waals surface area (Å²) in [7, 11) is 0. The van der Waals surface area contributed by atoms with Crippen molar-refractivity contribution >= 4 is 0 Å². The normalized spacial score (nSPS) is 15.3. The maximum Gasteiger partial charge on any atom is 0.132 e. The Morgan fingerprint density at radius 1 is 1.33 bits per heavy atom. The van der Waals surface area contributed by atoms with Gasteiger partial charge in [-0.25, -0.2) is 4.39 Å². The van der Waals surface area contributed by atoms with E-state index in [1.54, 1.807) is 6.07 Å². The van der Waals surface area contributed by atoms with Crippen molar-refractivity contribution in [3.05, 3.63) is 35.1 Å². The second kappa shape index (κ2) is 6.30. The van der Waals surface area contributed by atoms with Crippen LogP contribution in [0.4, 0.5) is 4.39 Å². The zero-order chi connectivity index (χ0) is 13.0. The van der Waals surface area contributed by atoms with E-state index in [0.29, 0.717) is 12.1 Å². The summed E-state index contributed by atoms with van der Waals surface area (Å²) >= 11 is 0. The summed E-state index contributed by atoms with van der Waals surface area (Å²) in [5.74, 6) is 0.731. The minimum absolute atomic E-state index is 0.114. The first-order chi connectivity index (χ1) is 8.74. The highest BCUT2D eigenvalue weighted by Crippen LogP contribution is 2.30. The highest BCUT2D eigenvalue weighted by Gasteiger charge is 2.24. The molecule has 18 heavy (non-hydrogen) atoms. The summed E-state index contributed by atoms with van der Waals surface area (Å²) < 4.78 is 14.1. The van der Waals surface area contributed by atoms with Gasteiger partial charge in [0.15, 0.2) is 0 Å². The Morgan fingerprint density at radius 3 is 2.67 bits per heavy atom. The molecule has 0 spiro atoms. The van der Waals surface area contributed by atoms with Crippen molar-refractivity contribution in [3.63, 3.8) is 0 Å². The molecule has 0 aromatic heterocycles. The van der Waals surface area contributed by atoms with Crippen LogP contribution < -0.4 is 5.73 Å². The summed E-state index contributed by atoms with van der Waals surface area (Å²) in [5.41, 5.74) is 6.95. The molecular weight excluding hydrogens is 227 g/mol. The predicted octanol–water partition coefficient (Wildman–Crippen LogP) is 2.91. The van der Waals surface area contributed by atoms with Crippen LogP contribution in [0, 0.1) is 11.7 Å². The summed E-state index contributed by atoms with van der Waals surface area (Å²) in [4.78, 5) is 2.37. The molecule has 2 rings (SSSR count). The number of halogens is 1. The van der Waals surface area contributed by atoms with Crippen LogP contribution in [0.2, 0.25) is 0 Å². The molecule has 1 fully saturated rings. The van der Waals surface area contributed by atoms with E-state index in [2.05, 4.69) is 11.8 Å². The Kier molecular flexibility index (Phi) is 4.72. The smallest absolute Gasteiger partial charge is 0.132 e. The zero-order valence-electron chi connectivity index (χ0n) is 11.2. The van der Waals surface area contributed by atoms with Gasteiger partial charge in [0.2, 0.25) is 0 Å². The standard InChI is InChI=1S/C15H23FN2/c1-2-8-18(10-12-6-7-12)11-14-5-3-4-13(9-17)15(14)16/h3-5,12H,2,6-11,17H2,1H3. The molecule has 100 valence electrons. The molecule has 0 bridgehead atoms. The molecule has 1 aliphatic rings. The van der Waals surface area contributed by atoms with Gasteiger partial charge in [-0.2, -0.15) is 0 Å². The minimum Gasteiger partial charge on any atom is -0.326 e. The molecule has 3 heteroatoms. The Balaban J connectivity index is 2.04. The van der Waals surface area contributed by atoms with Gasteiger partial charge in [0, 0.05) is 30.8 Å². The van der Waals surface area contributed by atoms with E-state index in [4.69, 9.17) is 5.73 Å². The molecule has 1 aliphatic carbocycles. The quantitative estimate of drug-likeness (QED) is 0.806. The van der Waals surface area contributed by atoms with E-state index < -0.39 is 0 Å². The van der Waals surface area contributed by atoms with Crippen LogP contribution in [0.3, 0.4) is 0 Å². The molecule has 0 aliphatic heterocycles. The number of nitrogens with zero attached hydrogens (tertiary/aromatic N) is 1. The van der Waals surface area contributed by atoms with Crippen LogP contribution in [0.1, 0.15) is 37.3 Å². The van der Waals surface area contributed by atoms with Gasteiger partial charge in [0.25, 0.3) is 0 Å². The summed E-state index contributed by atoms with van der Waals surface area (Å²) in [6.07, 6.45) is 3.79. The van der Waals surface area contributed by atoms with Gasteiger partial charge in [0.1, 0.15) is 5.82 Å². The Labute approximate surface area is 109 Å². The summed E-state index contributed by atoms with van der Waals surface area (Å²) in [6, 6.07) is 5.55. The molecule has 0 radical (unpaired) electrons. The van der Waals surface area contributed by atoms with Crippen molar-refractivity contribution in [1.29, 1.82) is 0 Å². The number of benzene rings is 1. The lowest BCUT2D eigenvalue weighted by Crippen LogP contribution is -2.27. The maximum absolute atomic E-state index is 14.1. The lowest BCUT2D eigenvalue weighted by molar-refractivity contribution is 0.251. The molecule has 1 aromatic rings. The fourth-order valence-corrected chi connectivity index (χ4v) is 2.37. The van der Waals surface area contributed by atoms with Crippen LogP contribution in [-0.4, -0.2) is 18.0 Å².